The van der Waals surface area contributed by atoms with Crippen molar-refractivity contribution in [3.63, 3.8) is 0 Å². The summed E-state index contributed by atoms with van der Waals surface area (Å²) in [6, 6.07) is 4.68. The number of benzene rings is 1. The molecule has 1 saturated heterocycles. The van der Waals surface area contributed by atoms with E-state index in [1.807, 2.05) is 0 Å². The van der Waals surface area contributed by atoms with Crippen LogP contribution in [0.1, 0.15) is 28.8 Å². The van der Waals surface area contributed by atoms with Gasteiger partial charge in [-0.05, 0) is 31.4 Å². The quantitative estimate of drug-likeness (QED) is 0.843. The molecule has 0 bridgehead atoms. The fraction of sp³-hybridized carbons (Fsp3) is 0.385. The third-order valence-electron chi connectivity index (χ3n) is 3.03. The van der Waals surface area contributed by atoms with Crippen molar-refractivity contribution in [2.45, 2.75) is 25.9 Å². The summed E-state index contributed by atoms with van der Waals surface area (Å²) < 4.78 is 5.26. The first-order valence-corrected chi connectivity index (χ1v) is 5.83. The topological polar surface area (TPSA) is 78.5 Å². The van der Waals surface area contributed by atoms with Crippen LogP contribution in [0.15, 0.2) is 18.2 Å². The van der Waals surface area contributed by atoms with Gasteiger partial charge in [-0.2, -0.15) is 0 Å². The molecule has 18 heavy (non-hydrogen) atoms. The maximum atomic E-state index is 11.8. The number of amides is 1. The van der Waals surface area contributed by atoms with Gasteiger partial charge in [-0.15, -0.1) is 0 Å². The number of nitrogens with one attached hydrogen (secondary N) is 1. The van der Waals surface area contributed by atoms with E-state index in [0.717, 1.165) is 6.42 Å². The van der Waals surface area contributed by atoms with E-state index in [4.69, 9.17) is 4.74 Å². The Balaban J connectivity index is 2.16. The summed E-state index contributed by atoms with van der Waals surface area (Å²) in [7, 11) is 0. The Kier molecular flexibility index (Phi) is 3.62. The van der Waals surface area contributed by atoms with E-state index in [-0.39, 0.29) is 11.5 Å². The lowest BCUT2D eigenvalue weighted by atomic mass is 10.1. The Morgan fingerprint density at radius 1 is 1.44 bits per heavy atom. The minimum Gasteiger partial charge on any atom is -0.545 e. The van der Waals surface area contributed by atoms with Gasteiger partial charge in [0.2, 0.25) is 0 Å². The summed E-state index contributed by atoms with van der Waals surface area (Å²) in [5, 5.41) is 13.6. The van der Waals surface area contributed by atoms with Crippen LogP contribution in [0.4, 0.5) is 5.69 Å². The third-order valence-corrected chi connectivity index (χ3v) is 3.03. The van der Waals surface area contributed by atoms with Crippen LogP contribution in [-0.2, 0) is 9.53 Å². The predicted octanol–water partition coefficient (Wildman–Crippen LogP) is 0.476. The summed E-state index contributed by atoms with van der Waals surface area (Å²) in [6.45, 7) is 2.23. The van der Waals surface area contributed by atoms with Crippen LogP contribution >= 0.6 is 0 Å². The van der Waals surface area contributed by atoms with Crippen molar-refractivity contribution < 1.29 is 19.4 Å². The summed E-state index contributed by atoms with van der Waals surface area (Å²) in [6.07, 6.45) is 1.14. The number of aromatic carboxylic acids is 1. The standard InChI is InChI=1S/C13H15NO4/c1-8-9(13(16)17)4-2-5-10(8)14-12(15)11-6-3-7-18-11/h2,4-5,11H,3,6-7H2,1H3,(H,14,15)(H,16,17)/p-1/t11-/m1/s1. The van der Waals surface area contributed by atoms with Crippen molar-refractivity contribution in [1.29, 1.82) is 0 Å². The van der Waals surface area contributed by atoms with Crippen molar-refractivity contribution in [3.05, 3.63) is 29.3 Å². The minimum atomic E-state index is -1.25. The maximum absolute atomic E-state index is 11.8. The average molecular weight is 248 g/mol. The number of carboxylic acid groups (broad SMARTS) is 1. The molecule has 1 aliphatic heterocycles. The second kappa shape index (κ2) is 5.18. The van der Waals surface area contributed by atoms with Gasteiger partial charge in [-0.1, -0.05) is 12.1 Å². The van der Waals surface area contributed by atoms with Gasteiger partial charge in [0.25, 0.3) is 5.91 Å². The normalized spacial score (nSPS) is 18.6. The molecule has 0 aromatic heterocycles. The summed E-state index contributed by atoms with van der Waals surface area (Å²) in [5.74, 6) is -1.48. The number of ether oxygens (including phenoxy) is 1. The molecular weight excluding hydrogens is 234 g/mol. The Labute approximate surface area is 105 Å². The van der Waals surface area contributed by atoms with Crippen molar-refractivity contribution in [3.8, 4) is 0 Å². The molecule has 1 aliphatic rings. The summed E-state index contributed by atoms with van der Waals surface area (Å²) in [4.78, 5) is 22.7. The van der Waals surface area contributed by atoms with Gasteiger partial charge in [0, 0.05) is 17.9 Å². The van der Waals surface area contributed by atoms with Crippen molar-refractivity contribution in [2.75, 3.05) is 11.9 Å². The van der Waals surface area contributed by atoms with Crippen molar-refractivity contribution in [1.82, 2.24) is 0 Å². The number of rotatable bonds is 3. The Hall–Kier alpha value is -1.88. The molecule has 5 heteroatoms. The lowest BCUT2D eigenvalue weighted by Gasteiger charge is -2.15. The molecule has 1 atom stereocenters. The molecule has 0 radical (unpaired) electrons. The summed E-state index contributed by atoms with van der Waals surface area (Å²) >= 11 is 0. The van der Waals surface area contributed by atoms with E-state index in [2.05, 4.69) is 5.32 Å². The summed E-state index contributed by atoms with van der Waals surface area (Å²) in [5.41, 5.74) is 1.06. The first-order chi connectivity index (χ1) is 8.59. The molecule has 1 fully saturated rings. The molecule has 1 N–H and O–H groups in total. The molecule has 1 heterocycles. The van der Waals surface area contributed by atoms with E-state index >= 15 is 0 Å². The second-order valence-corrected chi connectivity index (χ2v) is 4.26. The lowest BCUT2D eigenvalue weighted by Crippen LogP contribution is -2.28. The zero-order valence-electron chi connectivity index (χ0n) is 10.1. The van der Waals surface area contributed by atoms with Gasteiger partial charge in [0.15, 0.2) is 0 Å². The lowest BCUT2D eigenvalue weighted by molar-refractivity contribution is -0.255. The third kappa shape index (κ3) is 2.51. The van der Waals surface area contributed by atoms with E-state index in [9.17, 15) is 14.7 Å². The molecule has 2 rings (SSSR count). The molecule has 1 aromatic rings. The molecule has 96 valence electrons. The van der Waals surface area contributed by atoms with Crippen molar-refractivity contribution in [2.24, 2.45) is 0 Å². The zero-order chi connectivity index (χ0) is 13.1. The highest BCUT2D eigenvalue weighted by atomic mass is 16.5. The number of anilines is 1. The second-order valence-electron chi connectivity index (χ2n) is 4.26. The monoisotopic (exact) mass is 248 g/mol. The first-order valence-electron chi connectivity index (χ1n) is 5.83. The number of carbonyl (C=O) groups is 2. The highest BCUT2D eigenvalue weighted by Crippen LogP contribution is 2.20. The van der Waals surface area contributed by atoms with E-state index < -0.39 is 12.1 Å². The van der Waals surface area contributed by atoms with E-state index in [1.54, 1.807) is 19.1 Å². The van der Waals surface area contributed by atoms with Crippen LogP contribution in [0.25, 0.3) is 0 Å². The van der Waals surface area contributed by atoms with Crippen LogP contribution in [0, 0.1) is 6.92 Å². The molecule has 1 amide bonds. The molecule has 0 spiro atoms. The highest BCUT2D eigenvalue weighted by molar-refractivity contribution is 5.97. The Bertz CT molecular complexity index is 478. The van der Waals surface area contributed by atoms with Gasteiger partial charge in [0.1, 0.15) is 6.10 Å². The van der Waals surface area contributed by atoms with Crippen LogP contribution in [0.2, 0.25) is 0 Å². The van der Waals surface area contributed by atoms with Gasteiger partial charge < -0.3 is 20.0 Å². The Morgan fingerprint density at radius 3 is 2.83 bits per heavy atom. The molecule has 1 aromatic carbocycles. The van der Waals surface area contributed by atoms with Gasteiger partial charge in [-0.25, -0.2) is 0 Å². The molecule has 0 aliphatic carbocycles. The Morgan fingerprint density at radius 2 is 2.22 bits per heavy atom. The average Bonchev–Trinajstić information content (AvgIpc) is 2.85. The SMILES string of the molecule is Cc1c(NC(=O)[C@H]2CCCO2)cccc1C(=O)[O-]. The smallest absolute Gasteiger partial charge is 0.253 e. The van der Waals surface area contributed by atoms with Gasteiger partial charge in [-0.3, -0.25) is 4.79 Å². The van der Waals surface area contributed by atoms with E-state index in [1.165, 1.54) is 6.07 Å². The first kappa shape index (κ1) is 12.6. The molecule has 0 unspecified atom stereocenters. The number of hydrogen-bond donors (Lipinski definition) is 1. The van der Waals surface area contributed by atoms with Gasteiger partial charge in [0.05, 0.1) is 5.97 Å². The highest BCUT2D eigenvalue weighted by Gasteiger charge is 2.24. The zero-order valence-corrected chi connectivity index (χ0v) is 10.1. The molecule has 0 saturated carbocycles. The molecule has 5 nitrogen and oxygen atoms in total. The fourth-order valence-corrected chi connectivity index (χ4v) is 1.99. The number of hydrogen-bond acceptors (Lipinski definition) is 4. The van der Waals surface area contributed by atoms with E-state index in [0.29, 0.717) is 24.3 Å². The fourth-order valence-electron chi connectivity index (χ4n) is 1.99. The van der Waals surface area contributed by atoms with Crippen LogP contribution in [0.3, 0.4) is 0 Å². The predicted molar refractivity (Wildman–Crippen MR) is 63.1 cm³/mol. The van der Waals surface area contributed by atoms with Crippen LogP contribution in [-0.4, -0.2) is 24.6 Å². The van der Waals surface area contributed by atoms with Crippen LogP contribution in [0.5, 0.6) is 0 Å². The largest absolute Gasteiger partial charge is 0.545 e. The van der Waals surface area contributed by atoms with Crippen molar-refractivity contribution >= 4 is 17.6 Å². The minimum absolute atomic E-state index is 0.0835. The molecular formula is C13H14NO4-. The maximum Gasteiger partial charge on any atom is 0.253 e. The number of carboxylic acids is 1. The number of carbonyl (C=O) groups excluding carboxylic acids is 2. The van der Waals surface area contributed by atoms with Gasteiger partial charge >= 0.3 is 0 Å². The van der Waals surface area contributed by atoms with Crippen LogP contribution < -0.4 is 10.4 Å².